The third-order valence-electron chi connectivity index (χ3n) is 1.63. The molecule has 8 nitrogen and oxygen atoms in total. The second-order valence-corrected chi connectivity index (χ2v) is 2.69. The van der Waals surface area contributed by atoms with E-state index < -0.39 is 36.2 Å². The Bertz CT molecular complexity index is 296. The van der Waals surface area contributed by atoms with Crippen LogP contribution < -0.4 is 0 Å². The van der Waals surface area contributed by atoms with Gasteiger partial charge in [0.2, 0.25) is 0 Å². The lowest BCUT2D eigenvalue weighted by molar-refractivity contribution is -0.164. The van der Waals surface area contributed by atoms with E-state index in [-0.39, 0.29) is 0 Å². The standard InChI is InChI=1S/C7H9NO7/c8-1-2(9)3(10)4(11)5(12)6(13)7(14)15/h3-6,10-13H,(H,14,15)/t3-,4+,5-,6-/m0/s1. The highest BCUT2D eigenvalue weighted by Crippen LogP contribution is 2.06. The van der Waals surface area contributed by atoms with E-state index in [1.54, 1.807) is 0 Å². The zero-order valence-electron chi connectivity index (χ0n) is 7.31. The van der Waals surface area contributed by atoms with E-state index >= 15 is 0 Å². The van der Waals surface area contributed by atoms with Crippen molar-refractivity contribution in [2.24, 2.45) is 0 Å². The van der Waals surface area contributed by atoms with E-state index in [1.807, 2.05) is 0 Å². The molecule has 0 aromatic rings. The number of aliphatic hydroxyl groups is 4. The number of carbonyl (C=O) groups is 2. The van der Waals surface area contributed by atoms with Crippen molar-refractivity contribution >= 4 is 11.8 Å². The maximum atomic E-state index is 10.5. The third kappa shape index (κ3) is 3.26. The summed E-state index contributed by atoms with van der Waals surface area (Å²) >= 11 is 0. The van der Waals surface area contributed by atoms with E-state index in [9.17, 15) is 9.59 Å². The fourth-order valence-corrected chi connectivity index (χ4v) is 0.741. The number of carboxylic acids is 1. The van der Waals surface area contributed by atoms with E-state index in [0.717, 1.165) is 6.07 Å². The number of nitriles is 1. The summed E-state index contributed by atoms with van der Waals surface area (Å²) < 4.78 is 0. The number of rotatable bonds is 5. The predicted molar refractivity (Wildman–Crippen MR) is 42.3 cm³/mol. The van der Waals surface area contributed by atoms with E-state index in [4.69, 9.17) is 30.8 Å². The topological polar surface area (TPSA) is 159 Å². The fraction of sp³-hybridized carbons (Fsp3) is 0.571. The number of aliphatic hydroxyl groups excluding tert-OH is 4. The highest BCUT2D eigenvalue weighted by Gasteiger charge is 2.37. The normalized spacial score (nSPS) is 18.3. The Morgan fingerprint density at radius 3 is 1.73 bits per heavy atom. The molecule has 0 aliphatic carbocycles. The van der Waals surface area contributed by atoms with Crippen LogP contribution in [0.3, 0.4) is 0 Å². The molecule has 0 spiro atoms. The van der Waals surface area contributed by atoms with Crippen molar-refractivity contribution in [2.75, 3.05) is 0 Å². The van der Waals surface area contributed by atoms with Gasteiger partial charge in [-0.1, -0.05) is 0 Å². The highest BCUT2D eigenvalue weighted by atomic mass is 16.4. The summed E-state index contributed by atoms with van der Waals surface area (Å²) in [6, 6.07) is 0.980. The molecule has 0 aliphatic rings. The molecule has 0 saturated carbocycles. The SMILES string of the molecule is N#CC(=O)[C@H](O)[C@@H](O)[C@H](O)[C@H](O)C(=O)O. The largest absolute Gasteiger partial charge is 0.479 e. The Labute approximate surface area is 83.6 Å². The predicted octanol–water partition coefficient (Wildman–Crippen LogP) is -3.39. The van der Waals surface area contributed by atoms with Crippen LogP contribution >= 0.6 is 0 Å². The van der Waals surface area contributed by atoms with E-state index in [0.29, 0.717) is 0 Å². The number of Topliss-reactive ketones (excluding diaryl/α,β-unsaturated/α-hetero) is 1. The fourth-order valence-electron chi connectivity index (χ4n) is 0.741. The average Bonchev–Trinajstić information content (AvgIpc) is 2.23. The number of carbonyl (C=O) groups excluding carboxylic acids is 1. The van der Waals surface area contributed by atoms with E-state index in [1.165, 1.54) is 0 Å². The smallest absolute Gasteiger partial charge is 0.335 e. The maximum absolute atomic E-state index is 10.5. The lowest BCUT2D eigenvalue weighted by Crippen LogP contribution is -2.49. The molecule has 0 aromatic carbocycles. The number of aliphatic carboxylic acids is 1. The van der Waals surface area contributed by atoms with Crippen LogP contribution in [-0.2, 0) is 9.59 Å². The van der Waals surface area contributed by atoms with Crippen LogP contribution in [0.4, 0.5) is 0 Å². The minimum atomic E-state index is -2.36. The molecule has 8 heteroatoms. The van der Waals surface area contributed by atoms with Crippen LogP contribution in [0, 0.1) is 11.3 Å². The first kappa shape index (κ1) is 13.5. The van der Waals surface area contributed by atoms with Gasteiger partial charge in [-0.25, -0.2) is 4.79 Å². The summed E-state index contributed by atoms with van der Waals surface area (Å²) in [6.07, 6.45) is -9.14. The van der Waals surface area contributed by atoms with Gasteiger partial charge in [-0.2, -0.15) is 5.26 Å². The van der Waals surface area contributed by atoms with Gasteiger partial charge in [-0.3, -0.25) is 4.79 Å². The minimum absolute atomic E-state index is 0.980. The summed E-state index contributed by atoms with van der Waals surface area (Å²) in [5.41, 5.74) is 0. The van der Waals surface area contributed by atoms with Crippen molar-refractivity contribution in [3.63, 3.8) is 0 Å². The Hall–Kier alpha value is -1.53. The van der Waals surface area contributed by atoms with Crippen molar-refractivity contribution in [2.45, 2.75) is 24.4 Å². The summed E-state index contributed by atoms with van der Waals surface area (Å²) in [5.74, 6) is -3.28. The van der Waals surface area contributed by atoms with Crippen LogP contribution in [0.15, 0.2) is 0 Å². The van der Waals surface area contributed by atoms with Gasteiger partial charge in [-0.05, 0) is 0 Å². The molecule has 0 radical (unpaired) electrons. The maximum Gasteiger partial charge on any atom is 0.335 e. The quantitative estimate of drug-likeness (QED) is 0.299. The molecule has 0 rings (SSSR count). The summed E-state index contributed by atoms with van der Waals surface area (Å²) in [7, 11) is 0. The molecule has 15 heavy (non-hydrogen) atoms. The first-order valence-electron chi connectivity index (χ1n) is 3.72. The molecule has 0 saturated heterocycles. The van der Waals surface area contributed by atoms with Gasteiger partial charge in [-0.15, -0.1) is 0 Å². The van der Waals surface area contributed by atoms with Crippen LogP contribution in [-0.4, -0.2) is 61.7 Å². The molecule has 0 heterocycles. The van der Waals surface area contributed by atoms with Gasteiger partial charge < -0.3 is 25.5 Å². The van der Waals surface area contributed by atoms with Crippen molar-refractivity contribution < 1.29 is 35.1 Å². The molecule has 0 fully saturated rings. The number of ketones is 1. The van der Waals surface area contributed by atoms with Crippen molar-refractivity contribution in [3.8, 4) is 6.07 Å². The molecular weight excluding hydrogens is 210 g/mol. The van der Waals surface area contributed by atoms with Crippen LogP contribution in [0.25, 0.3) is 0 Å². The molecule has 5 N–H and O–H groups in total. The van der Waals surface area contributed by atoms with Gasteiger partial charge in [0.1, 0.15) is 18.3 Å². The van der Waals surface area contributed by atoms with E-state index in [2.05, 4.69) is 0 Å². The molecule has 0 unspecified atom stereocenters. The van der Waals surface area contributed by atoms with Gasteiger partial charge in [0.15, 0.2) is 12.2 Å². The van der Waals surface area contributed by atoms with Gasteiger partial charge in [0.25, 0.3) is 5.78 Å². The third-order valence-corrected chi connectivity index (χ3v) is 1.63. The highest BCUT2D eigenvalue weighted by molar-refractivity contribution is 5.97. The zero-order chi connectivity index (χ0) is 12.2. The van der Waals surface area contributed by atoms with Crippen molar-refractivity contribution in [1.82, 2.24) is 0 Å². The Morgan fingerprint density at radius 2 is 1.40 bits per heavy atom. The van der Waals surface area contributed by atoms with Gasteiger partial charge in [0.05, 0.1) is 0 Å². The van der Waals surface area contributed by atoms with Crippen LogP contribution in [0.1, 0.15) is 0 Å². The Balaban J connectivity index is 4.58. The molecule has 0 aliphatic heterocycles. The molecule has 0 aromatic heterocycles. The summed E-state index contributed by atoms with van der Waals surface area (Å²) in [5, 5.41) is 51.9. The second kappa shape index (κ2) is 5.38. The van der Waals surface area contributed by atoms with Gasteiger partial charge in [0, 0.05) is 0 Å². The second-order valence-electron chi connectivity index (χ2n) is 2.69. The van der Waals surface area contributed by atoms with Crippen LogP contribution in [0.2, 0.25) is 0 Å². The number of hydrogen-bond acceptors (Lipinski definition) is 7. The van der Waals surface area contributed by atoms with Crippen molar-refractivity contribution in [3.05, 3.63) is 0 Å². The zero-order valence-corrected chi connectivity index (χ0v) is 7.31. The minimum Gasteiger partial charge on any atom is -0.479 e. The van der Waals surface area contributed by atoms with Crippen molar-refractivity contribution in [1.29, 1.82) is 5.26 Å². The average molecular weight is 219 g/mol. The first-order valence-corrected chi connectivity index (χ1v) is 3.72. The number of hydrogen-bond donors (Lipinski definition) is 5. The lowest BCUT2D eigenvalue weighted by Gasteiger charge is -2.22. The van der Waals surface area contributed by atoms with Gasteiger partial charge >= 0.3 is 5.97 Å². The molecule has 4 atom stereocenters. The summed E-state index contributed by atoms with van der Waals surface area (Å²) in [6.45, 7) is 0. The molecular formula is C7H9NO7. The number of nitrogens with zero attached hydrogens (tertiary/aromatic N) is 1. The molecule has 84 valence electrons. The Morgan fingerprint density at radius 1 is 1.00 bits per heavy atom. The molecule has 0 amide bonds. The first-order chi connectivity index (χ1) is 6.82. The molecule has 0 bridgehead atoms. The lowest BCUT2D eigenvalue weighted by atomic mass is 10.0. The monoisotopic (exact) mass is 219 g/mol. The Kier molecular flexibility index (Phi) is 4.83. The van der Waals surface area contributed by atoms with Crippen LogP contribution in [0.5, 0.6) is 0 Å². The number of carboxylic acid groups (broad SMARTS) is 1. The summed E-state index contributed by atoms with van der Waals surface area (Å²) in [4.78, 5) is 20.7.